The molecular weight excluding hydrogens is 204 g/mol. The van der Waals surface area contributed by atoms with E-state index in [0.717, 1.165) is 5.11 Å². The van der Waals surface area contributed by atoms with E-state index in [1.54, 1.807) is 0 Å². The minimum absolute atomic E-state index is 0.384. The van der Waals surface area contributed by atoms with E-state index in [0.29, 0.717) is 6.04 Å². The lowest BCUT2D eigenvalue weighted by Gasteiger charge is -2.27. The fourth-order valence-corrected chi connectivity index (χ4v) is 2.28. The summed E-state index contributed by atoms with van der Waals surface area (Å²) in [6.07, 6.45) is 3.60. The Bertz CT molecular complexity index is 362. The van der Waals surface area contributed by atoms with Gasteiger partial charge in [0.1, 0.15) is 0 Å². The first-order chi connectivity index (χ1) is 7.31. The number of thiocarbonyl (C=S) groups is 1. The van der Waals surface area contributed by atoms with Gasteiger partial charge in [-0.2, -0.15) is 0 Å². The van der Waals surface area contributed by atoms with Crippen LogP contribution in [0.5, 0.6) is 0 Å². The first kappa shape index (κ1) is 10.4. The molecule has 0 saturated heterocycles. The summed E-state index contributed by atoms with van der Waals surface area (Å²) in [5.74, 6) is 0. The van der Waals surface area contributed by atoms with Gasteiger partial charge in [-0.1, -0.05) is 24.3 Å². The van der Waals surface area contributed by atoms with Gasteiger partial charge in [0.05, 0.1) is 6.04 Å². The van der Waals surface area contributed by atoms with Crippen LogP contribution < -0.4 is 10.6 Å². The molecule has 1 aromatic carbocycles. The van der Waals surface area contributed by atoms with Crippen molar-refractivity contribution < 1.29 is 0 Å². The van der Waals surface area contributed by atoms with Crippen LogP contribution in [0.1, 0.15) is 30.0 Å². The highest BCUT2D eigenvalue weighted by Gasteiger charge is 2.19. The SMILES string of the molecule is CNC(=S)NC1CCCc2ccccc21. The fraction of sp³-hybridized carbons (Fsp3) is 0.417. The summed E-state index contributed by atoms with van der Waals surface area (Å²) in [6.45, 7) is 0. The maximum atomic E-state index is 5.14. The molecule has 1 unspecified atom stereocenters. The van der Waals surface area contributed by atoms with Gasteiger partial charge in [0, 0.05) is 7.05 Å². The highest BCUT2D eigenvalue weighted by Crippen LogP contribution is 2.29. The summed E-state index contributed by atoms with van der Waals surface area (Å²) < 4.78 is 0. The van der Waals surface area contributed by atoms with Gasteiger partial charge < -0.3 is 10.6 Å². The van der Waals surface area contributed by atoms with Crippen molar-refractivity contribution in [3.05, 3.63) is 35.4 Å². The topological polar surface area (TPSA) is 24.1 Å². The molecule has 1 atom stereocenters. The average Bonchev–Trinajstić information content (AvgIpc) is 2.29. The predicted molar refractivity (Wildman–Crippen MR) is 66.9 cm³/mol. The number of fused-ring (bicyclic) bond motifs is 1. The van der Waals surface area contributed by atoms with E-state index in [-0.39, 0.29) is 0 Å². The van der Waals surface area contributed by atoms with E-state index in [2.05, 4.69) is 34.9 Å². The Kier molecular flexibility index (Phi) is 3.21. The lowest BCUT2D eigenvalue weighted by Crippen LogP contribution is -2.36. The molecule has 1 aliphatic carbocycles. The van der Waals surface area contributed by atoms with Crippen LogP contribution in [0.15, 0.2) is 24.3 Å². The molecule has 0 heterocycles. The van der Waals surface area contributed by atoms with Crippen LogP contribution in [0, 0.1) is 0 Å². The second-order valence-corrected chi connectivity index (χ2v) is 4.28. The van der Waals surface area contributed by atoms with Gasteiger partial charge >= 0.3 is 0 Å². The van der Waals surface area contributed by atoms with Gasteiger partial charge in [0.25, 0.3) is 0 Å². The Morgan fingerprint density at radius 2 is 2.20 bits per heavy atom. The largest absolute Gasteiger partial charge is 0.366 e. The van der Waals surface area contributed by atoms with Crippen LogP contribution in [0.4, 0.5) is 0 Å². The summed E-state index contributed by atoms with van der Waals surface area (Å²) in [6, 6.07) is 9.00. The molecule has 1 aliphatic rings. The van der Waals surface area contributed by atoms with Crippen LogP contribution in [-0.2, 0) is 6.42 Å². The Balaban J connectivity index is 2.18. The molecular formula is C12H16N2S. The minimum atomic E-state index is 0.384. The Hall–Kier alpha value is -1.09. The van der Waals surface area contributed by atoms with E-state index >= 15 is 0 Å². The molecule has 0 spiro atoms. The monoisotopic (exact) mass is 220 g/mol. The van der Waals surface area contributed by atoms with Crippen LogP contribution in [0.25, 0.3) is 0 Å². The average molecular weight is 220 g/mol. The van der Waals surface area contributed by atoms with Gasteiger partial charge in [-0.25, -0.2) is 0 Å². The van der Waals surface area contributed by atoms with E-state index < -0.39 is 0 Å². The van der Waals surface area contributed by atoms with Crippen LogP contribution in [0.2, 0.25) is 0 Å². The summed E-state index contributed by atoms with van der Waals surface area (Å²) in [5, 5.41) is 7.04. The normalized spacial score (nSPS) is 19.1. The molecule has 1 aromatic rings. The molecule has 2 rings (SSSR count). The fourth-order valence-electron chi connectivity index (χ4n) is 2.13. The maximum Gasteiger partial charge on any atom is 0.166 e. The molecule has 2 N–H and O–H groups in total. The second kappa shape index (κ2) is 4.62. The zero-order valence-electron chi connectivity index (χ0n) is 8.92. The summed E-state index contributed by atoms with van der Waals surface area (Å²) in [7, 11) is 1.85. The number of rotatable bonds is 1. The smallest absolute Gasteiger partial charge is 0.166 e. The highest BCUT2D eigenvalue weighted by atomic mass is 32.1. The number of nitrogens with one attached hydrogen (secondary N) is 2. The Labute approximate surface area is 96.1 Å². The molecule has 0 fully saturated rings. The molecule has 0 saturated carbocycles. The number of benzene rings is 1. The molecule has 0 radical (unpaired) electrons. The van der Waals surface area contributed by atoms with Gasteiger partial charge in [0.15, 0.2) is 5.11 Å². The molecule has 0 aromatic heterocycles. The maximum absolute atomic E-state index is 5.14. The summed E-state index contributed by atoms with van der Waals surface area (Å²) in [5.41, 5.74) is 2.86. The summed E-state index contributed by atoms with van der Waals surface area (Å²) in [4.78, 5) is 0. The number of aryl methyl sites for hydroxylation is 1. The third kappa shape index (κ3) is 2.29. The van der Waals surface area contributed by atoms with Gasteiger partial charge in [0.2, 0.25) is 0 Å². The van der Waals surface area contributed by atoms with Crippen LogP contribution >= 0.6 is 12.2 Å². The van der Waals surface area contributed by atoms with Crippen molar-refractivity contribution in [2.24, 2.45) is 0 Å². The lowest BCUT2D eigenvalue weighted by molar-refractivity contribution is 0.525. The molecule has 0 aliphatic heterocycles. The van der Waals surface area contributed by atoms with E-state index in [4.69, 9.17) is 12.2 Å². The molecule has 3 heteroatoms. The minimum Gasteiger partial charge on any atom is -0.366 e. The van der Waals surface area contributed by atoms with Crippen molar-refractivity contribution in [3.8, 4) is 0 Å². The second-order valence-electron chi connectivity index (χ2n) is 3.87. The predicted octanol–water partition coefficient (Wildman–Crippen LogP) is 2.16. The third-order valence-corrected chi connectivity index (χ3v) is 3.22. The van der Waals surface area contributed by atoms with Gasteiger partial charge in [-0.05, 0) is 42.6 Å². The first-order valence-corrected chi connectivity index (χ1v) is 5.78. The van der Waals surface area contributed by atoms with Gasteiger partial charge in [-0.3, -0.25) is 0 Å². The highest BCUT2D eigenvalue weighted by molar-refractivity contribution is 7.80. The van der Waals surface area contributed by atoms with Crippen molar-refractivity contribution in [3.63, 3.8) is 0 Å². The van der Waals surface area contributed by atoms with Crippen molar-refractivity contribution in [1.29, 1.82) is 0 Å². The van der Waals surface area contributed by atoms with Crippen LogP contribution in [-0.4, -0.2) is 12.2 Å². The number of hydrogen-bond donors (Lipinski definition) is 2. The zero-order chi connectivity index (χ0) is 10.7. The van der Waals surface area contributed by atoms with Crippen molar-refractivity contribution in [2.45, 2.75) is 25.3 Å². The van der Waals surface area contributed by atoms with Crippen molar-refractivity contribution >= 4 is 17.3 Å². The van der Waals surface area contributed by atoms with Gasteiger partial charge in [-0.15, -0.1) is 0 Å². The van der Waals surface area contributed by atoms with E-state index in [9.17, 15) is 0 Å². The van der Waals surface area contributed by atoms with Crippen LogP contribution in [0.3, 0.4) is 0 Å². The summed E-state index contributed by atoms with van der Waals surface area (Å²) >= 11 is 5.14. The molecule has 0 bridgehead atoms. The first-order valence-electron chi connectivity index (χ1n) is 5.37. The Morgan fingerprint density at radius 1 is 1.40 bits per heavy atom. The quantitative estimate of drug-likeness (QED) is 0.709. The van der Waals surface area contributed by atoms with Crippen molar-refractivity contribution in [1.82, 2.24) is 10.6 Å². The third-order valence-electron chi connectivity index (χ3n) is 2.90. The molecule has 80 valence electrons. The molecule has 0 amide bonds. The Morgan fingerprint density at radius 3 is 3.00 bits per heavy atom. The molecule has 2 nitrogen and oxygen atoms in total. The van der Waals surface area contributed by atoms with E-state index in [1.165, 1.54) is 30.4 Å². The number of hydrogen-bond acceptors (Lipinski definition) is 1. The van der Waals surface area contributed by atoms with Crippen molar-refractivity contribution in [2.75, 3.05) is 7.05 Å². The van der Waals surface area contributed by atoms with E-state index in [1.807, 2.05) is 7.05 Å². The lowest BCUT2D eigenvalue weighted by atomic mass is 9.88. The zero-order valence-corrected chi connectivity index (χ0v) is 9.73. The standard InChI is InChI=1S/C12H16N2S/c1-13-12(15)14-11-8-4-6-9-5-2-3-7-10(9)11/h2-3,5,7,11H,4,6,8H2,1H3,(H2,13,14,15). The molecule has 15 heavy (non-hydrogen) atoms.